The second-order valence-corrected chi connectivity index (χ2v) is 4.79. The van der Waals surface area contributed by atoms with E-state index in [1.54, 1.807) is 12.1 Å². The maximum atomic E-state index is 11.3. The predicted molar refractivity (Wildman–Crippen MR) is 80.8 cm³/mol. The van der Waals surface area contributed by atoms with Crippen molar-refractivity contribution in [1.82, 2.24) is 0 Å². The van der Waals surface area contributed by atoms with Gasteiger partial charge in [0.1, 0.15) is 5.76 Å². The van der Waals surface area contributed by atoms with Crippen LogP contribution in [0.1, 0.15) is 27.9 Å². The summed E-state index contributed by atoms with van der Waals surface area (Å²) in [6.45, 7) is 0. The fourth-order valence-electron chi connectivity index (χ4n) is 1.73. The standard InChI is InChI=1S/C14H15NO3.C2HF3O2/c1-17-14(16)13-8-7-12(18-13)11(15)9-10-5-3-2-4-6-10;3-2(4,5)1(6)7/h2-8,11H,9,15H2,1H3;(H,6,7)/t11-;/m0./s1. The van der Waals surface area contributed by atoms with Crippen molar-refractivity contribution < 1.29 is 37.0 Å². The van der Waals surface area contributed by atoms with Gasteiger partial charge in [0.25, 0.3) is 0 Å². The number of aliphatic carboxylic acids is 1. The molecule has 0 amide bonds. The lowest BCUT2D eigenvalue weighted by Gasteiger charge is -2.08. The Morgan fingerprint density at radius 2 is 1.76 bits per heavy atom. The molecule has 9 heteroatoms. The first-order valence-electron chi connectivity index (χ1n) is 6.92. The van der Waals surface area contributed by atoms with E-state index in [0.29, 0.717) is 12.2 Å². The van der Waals surface area contributed by atoms with Crippen molar-refractivity contribution in [2.75, 3.05) is 7.11 Å². The molecule has 2 rings (SSSR count). The summed E-state index contributed by atoms with van der Waals surface area (Å²) in [7, 11) is 1.31. The van der Waals surface area contributed by atoms with E-state index in [1.807, 2.05) is 30.3 Å². The second-order valence-electron chi connectivity index (χ2n) is 4.79. The molecule has 1 aromatic heterocycles. The highest BCUT2D eigenvalue weighted by molar-refractivity contribution is 5.86. The molecular formula is C16H16F3NO5. The summed E-state index contributed by atoms with van der Waals surface area (Å²) in [6.07, 6.45) is -4.42. The maximum absolute atomic E-state index is 11.3. The van der Waals surface area contributed by atoms with E-state index in [1.165, 1.54) is 7.11 Å². The van der Waals surface area contributed by atoms with Crippen LogP contribution >= 0.6 is 0 Å². The van der Waals surface area contributed by atoms with Crippen molar-refractivity contribution in [3.63, 3.8) is 0 Å². The molecule has 0 fully saturated rings. The van der Waals surface area contributed by atoms with Crippen LogP contribution in [0.15, 0.2) is 46.9 Å². The first-order valence-corrected chi connectivity index (χ1v) is 6.92. The zero-order chi connectivity index (χ0) is 19.0. The third-order valence-corrected chi connectivity index (χ3v) is 2.92. The predicted octanol–water partition coefficient (Wildman–Crippen LogP) is 2.94. The molecule has 0 aliphatic heterocycles. The quantitative estimate of drug-likeness (QED) is 0.814. The molecule has 2 aromatic rings. The molecule has 136 valence electrons. The number of esters is 1. The van der Waals surface area contributed by atoms with E-state index < -0.39 is 18.1 Å². The molecule has 0 aliphatic carbocycles. The smallest absolute Gasteiger partial charge is 0.475 e. The number of hydrogen-bond acceptors (Lipinski definition) is 5. The first-order chi connectivity index (χ1) is 11.6. The number of hydrogen-bond donors (Lipinski definition) is 2. The Morgan fingerprint density at radius 1 is 1.20 bits per heavy atom. The summed E-state index contributed by atoms with van der Waals surface area (Å²) in [5.74, 6) is -2.49. The monoisotopic (exact) mass is 359 g/mol. The van der Waals surface area contributed by atoms with Gasteiger partial charge < -0.3 is 20.0 Å². The molecule has 0 saturated heterocycles. The molecule has 0 saturated carbocycles. The summed E-state index contributed by atoms with van der Waals surface area (Å²) >= 11 is 0. The van der Waals surface area contributed by atoms with Crippen molar-refractivity contribution in [3.05, 3.63) is 59.5 Å². The van der Waals surface area contributed by atoms with Crippen LogP contribution in [-0.4, -0.2) is 30.3 Å². The van der Waals surface area contributed by atoms with E-state index in [-0.39, 0.29) is 11.8 Å². The van der Waals surface area contributed by atoms with E-state index in [4.69, 9.17) is 20.1 Å². The molecular weight excluding hydrogens is 343 g/mol. The molecule has 6 nitrogen and oxygen atoms in total. The van der Waals surface area contributed by atoms with Crippen molar-refractivity contribution in [3.8, 4) is 0 Å². The second kappa shape index (κ2) is 8.88. The van der Waals surface area contributed by atoms with E-state index in [0.717, 1.165) is 5.56 Å². The van der Waals surface area contributed by atoms with E-state index in [2.05, 4.69) is 4.74 Å². The Bertz CT molecular complexity index is 697. The average molecular weight is 359 g/mol. The zero-order valence-electron chi connectivity index (χ0n) is 13.1. The number of rotatable bonds is 4. The lowest BCUT2D eigenvalue weighted by Crippen LogP contribution is -2.21. The van der Waals surface area contributed by atoms with E-state index in [9.17, 15) is 18.0 Å². The highest BCUT2D eigenvalue weighted by atomic mass is 19.4. The lowest BCUT2D eigenvalue weighted by atomic mass is 10.1. The summed E-state index contributed by atoms with van der Waals surface area (Å²) < 4.78 is 41.7. The molecule has 0 radical (unpaired) electrons. The largest absolute Gasteiger partial charge is 0.490 e. The Labute approximate surface area is 141 Å². The van der Waals surface area contributed by atoms with Gasteiger partial charge in [-0.2, -0.15) is 13.2 Å². The summed E-state index contributed by atoms with van der Waals surface area (Å²) in [6, 6.07) is 12.9. The van der Waals surface area contributed by atoms with Crippen LogP contribution in [0.3, 0.4) is 0 Å². The van der Waals surface area contributed by atoms with Crippen LogP contribution in [0, 0.1) is 0 Å². The van der Waals surface area contributed by atoms with Crippen molar-refractivity contribution in [2.24, 2.45) is 5.73 Å². The normalized spacial score (nSPS) is 11.9. The topological polar surface area (TPSA) is 103 Å². The number of ether oxygens (including phenoxy) is 1. The van der Waals surface area contributed by atoms with Gasteiger partial charge in [0.15, 0.2) is 0 Å². The molecule has 3 N–H and O–H groups in total. The average Bonchev–Trinajstić information content (AvgIpc) is 3.05. The maximum Gasteiger partial charge on any atom is 0.490 e. The molecule has 0 aliphatic rings. The van der Waals surface area contributed by atoms with Gasteiger partial charge in [0.2, 0.25) is 5.76 Å². The molecule has 0 unspecified atom stereocenters. The SMILES string of the molecule is COC(=O)c1ccc([C@@H](N)Cc2ccccc2)o1.O=C(O)C(F)(F)F. The minimum absolute atomic E-state index is 0.177. The lowest BCUT2D eigenvalue weighted by molar-refractivity contribution is -0.192. The third kappa shape index (κ3) is 6.68. The number of carbonyl (C=O) groups excluding carboxylic acids is 1. The van der Waals surface area contributed by atoms with Crippen LogP contribution in [0.2, 0.25) is 0 Å². The highest BCUT2D eigenvalue weighted by Gasteiger charge is 2.38. The van der Waals surface area contributed by atoms with Gasteiger partial charge in [-0.1, -0.05) is 30.3 Å². The summed E-state index contributed by atoms with van der Waals surface area (Å²) in [5, 5.41) is 7.12. The van der Waals surface area contributed by atoms with Gasteiger partial charge in [-0.3, -0.25) is 0 Å². The van der Waals surface area contributed by atoms with Gasteiger partial charge in [0, 0.05) is 0 Å². The van der Waals surface area contributed by atoms with Gasteiger partial charge in [0.05, 0.1) is 13.2 Å². The Kier molecular flexibility index (Phi) is 7.19. The Hall–Kier alpha value is -2.81. The van der Waals surface area contributed by atoms with Crippen molar-refractivity contribution in [1.29, 1.82) is 0 Å². The molecule has 1 atom stereocenters. The van der Waals surface area contributed by atoms with Crippen LogP contribution in [0.4, 0.5) is 13.2 Å². The molecule has 0 bridgehead atoms. The fourth-order valence-corrected chi connectivity index (χ4v) is 1.73. The number of benzene rings is 1. The minimum Gasteiger partial charge on any atom is -0.475 e. The fraction of sp³-hybridized carbons (Fsp3) is 0.250. The van der Waals surface area contributed by atoms with Gasteiger partial charge in [-0.15, -0.1) is 0 Å². The van der Waals surface area contributed by atoms with Gasteiger partial charge >= 0.3 is 18.1 Å². The summed E-state index contributed by atoms with van der Waals surface area (Å²) in [4.78, 5) is 20.1. The van der Waals surface area contributed by atoms with Crippen molar-refractivity contribution >= 4 is 11.9 Å². The van der Waals surface area contributed by atoms with Crippen LogP contribution < -0.4 is 5.73 Å². The van der Waals surface area contributed by atoms with E-state index >= 15 is 0 Å². The number of halogens is 3. The summed E-state index contributed by atoms with van der Waals surface area (Å²) in [5.41, 5.74) is 7.16. The number of alkyl halides is 3. The minimum atomic E-state index is -5.08. The van der Waals surface area contributed by atoms with Crippen LogP contribution in [0.25, 0.3) is 0 Å². The van der Waals surface area contributed by atoms with Gasteiger partial charge in [-0.25, -0.2) is 9.59 Å². The third-order valence-electron chi connectivity index (χ3n) is 2.92. The number of nitrogens with two attached hydrogens (primary N) is 1. The van der Waals surface area contributed by atoms with Gasteiger partial charge in [-0.05, 0) is 24.1 Å². The number of carboxylic acids is 1. The molecule has 1 aromatic carbocycles. The Morgan fingerprint density at radius 3 is 2.24 bits per heavy atom. The Balaban J connectivity index is 0.000000381. The first kappa shape index (κ1) is 20.2. The van der Waals surface area contributed by atoms with Crippen LogP contribution in [-0.2, 0) is 16.0 Å². The molecule has 0 spiro atoms. The highest BCUT2D eigenvalue weighted by Crippen LogP contribution is 2.19. The molecule has 1 heterocycles. The number of methoxy groups -OCH3 is 1. The number of carbonyl (C=O) groups is 2. The number of furan rings is 1. The zero-order valence-corrected chi connectivity index (χ0v) is 13.1. The number of carboxylic acid groups (broad SMARTS) is 1. The van der Waals surface area contributed by atoms with Crippen molar-refractivity contribution in [2.45, 2.75) is 18.6 Å². The van der Waals surface area contributed by atoms with Crippen LogP contribution in [0.5, 0.6) is 0 Å². The molecule has 25 heavy (non-hydrogen) atoms.